The van der Waals surface area contributed by atoms with Gasteiger partial charge in [0.2, 0.25) is 5.43 Å². The number of carbonyl (C=O) groups is 1. The maximum Gasteiger partial charge on any atom is 0.341 e. The zero-order chi connectivity index (χ0) is 26.0. The second kappa shape index (κ2) is 9.32. The predicted molar refractivity (Wildman–Crippen MR) is 137 cm³/mol. The number of hydrogen-bond acceptors (Lipinski definition) is 6. The minimum Gasteiger partial charge on any atom is -0.477 e. The van der Waals surface area contributed by atoms with Crippen molar-refractivity contribution >= 4 is 22.6 Å². The molecule has 10 heteroatoms. The van der Waals surface area contributed by atoms with Crippen LogP contribution >= 0.6 is 0 Å². The van der Waals surface area contributed by atoms with E-state index in [2.05, 4.69) is 22.2 Å². The molecule has 8 nitrogen and oxygen atoms in total. The van der Waals surface area contributed by atoms with Crippen LogP contribution in [0.15, 0.2) is 17.1 Å². The third-order valence-corrected chi connectivity index (χ3v) is 9.22. The first-order valence-corrected chi connectivity index (χ1v) is 13.4. The topological polar surface area (TPSA) is 81.0 Å². The zero-order valence-corrected chi connectivity index (χ0v) is 21.4. The Labute approximate surface area is 214 Å². The summed E-state index contributed by atoms with van der Waals surface area (Å²) in [5, 5.41) is 12.5. The Balaban J connectivity index is 0.000000235. The molecule has 7 rings (SSSR count). The highest BCUT2D eigenvalue weighted by Crippen LogP contribution is 2.41. The Bertz CT molecular complexity index is 1300. The number of halogens is 2. The van der Waals surface area contributed by atoms with E-state index in [1.807, 2.05) is 7.05 Å². The van der Waals surface area contributed by atoms with Crippen LogP contribution in [0, 0.1) is 23.5 Å². The van der Waals surface area contributed by atoms with Gasteiger partial charge in [0.15, 0.2) is 5.82 Å². The SMILES string of the molecule is CN1CCC2CN(c3c(F)cc4c(=O)c(C(=O)O)cn(C5CC5)c4c3F)CC21.CN1CCC2CNCC21. The minimum absolute atomic E-state index is 0.0133. The number of fused-ring (bicyclic) bond motifs is 3. The molecule has 2 N–H and O–H groups in total. The Morgan fingerprint density at radius 2 is 1.70 bits per heavy atom. The highest BCUT2D eigenvalue weighted by molar-refractivity contribution is 5.94. The smallest absolute Gasteiger partial charge is 0.341 e. The predicted octanol–water partition coefficient (Wildman–Crippen LogP) is 2.36. The van der Waals surface area contributed by atoms with E-state index in [-0.39, 0.29) is 28.7 Å². The summed E-state index contributed by atoms with van der Waals surface area (Å²) < 4.78 is 32.1. The number of anilines is 1. The van der Waals surface area contributed by atoms with Crippen LogP contribution < -0.4 is 15.6 Å². The molecule has 1 aliphatic carbocycles. The highest BCUT2D eigenvalue weighted by Gasteiger charge is 2.42. The summed E-state index contributed by atoms with van der Waals surface area (Å²) >= 11 is 0. The van der Waals surface area contributed by atoms with Gasteiger partial charge < -0.3 is 29.7 Å². The van der Waals surface area contributed by atoms with Crippen LogP contribution in [0.25, 0.3) is 10.9 Å². The van der Waals surface area contributed by atoms with Crippen LogP contribution in [0.1, 0.15) is 42.1 Å². The number of hydrogen-bond donors (Lipinski definition) is 2. The van der Waals surface area contributed by atoms with Gasteiger partial charge in [0, 0.05) is 44.0 Å². The number of aromatic nitrogens is 1. The first kappa shape index (κ1) is 24.8. The lowest BCUT2D eigenvalue weighted by molar-refractivity contribution is 0.0694. The van der Waals surface area contributed by atoms with Gasteiger partial charge >= 0.3 is 5.97 Å². The van der Waals surface area contributed by atoms with Gasteiger partial charge in [-0.3, -0.25) is 4.79 Å². The van der Waals surface area contributed by atoms with Crippen molar-refractivity contribution in [3.63, 3.8) is 0 Å². The van der Waals surface area contributed by atoms with E-state index in [4.69, 9.17) is 0 Å². The zero-order valence-electron chi connectivity index (χ0n) is 21.4. The molecule has 4 atom stereocenters. The number of rotatable bonds is 3. The lowest BCUT2D eigenvalue weighted by Crippen LogP contribution is -2.32. The summed E-state index contributed by atoms with van der Waals surface area (Å²) in [6.07, 6.45) is 5.18. The second-order valence-corrected chi connectivity index (χ2v) is 11.5. The molecular weight excluding hydrogens is 480 g/mol. The van der Waals surface area contributed by atoms with Crippen molar-refractivity contribution in [1.29, 1.82) is 0 Å². The third kappa shape index (κ3) is 4.23. The minimum atomic E-state index is -1.39. The fraction of sp³-hybridized carbons (Fsp3) is 0.630. The normalized spacial score (nSPS) is 29.5. The van der Waals surface area contributed by atoms with Crippen molar-refractivity contribution < 1.29 is 18.7 Å². The molecule has 5 heterocycles. The number of pyridine rings is 1. The Hall–Kier alpha value is -2.56. The molecule has 5 aliphatic rings. The molecule has 4 aliphatic heterocycles. The van der Waals surface area contributed by atoms with Gasteiger partial charge in [-0.25, -0.2) is 13.6 Å². The van der Waals surface area contributed by atoms with E-state index in [1.54, 1.807) is 4.90 Å². The maximum atomic E-state index is 15.6. The van der Waals surface area contributed by atoms with Gasteiger partial charge in [-0.05, 0) is 77.3 Å². The lowest BCUT2D eigenvalue weighted by atomic mass is 10.1. The van der Waals surface area contributed by atoms with E-state index < -0.39 is 28.6 Å². The monoisotopic (exact) mass is 515 g/mol. The van der Waals surface area contributed by atoms with E-state index >= 15 is 4.39 Å². The largest absolute Gasteiger partial charge is 0.477 e. The van der Waals surface area contributed by atoms with E-state index in [0.29, 0.717) is 19.0 Å². The summed E-state index contributed by atoms with van der Waals surface area (Å²) in [6, 6.07) is 2.09. The molecule has 0 bridgehead atoms. The molecule has 0 spiro atoms. The van der Waals surface area contributed by atoms with Gasteiger partial charge in [0.1, 0.15) is 17.1 Å². The van der Waals surface area contributed by atoms with Gasteiger partial charge in [-0.1, -0.05) is 0 Å². The fourth-order valence-electron chi connectivity index (χ4n) is 6.93. The number of likely N-dealkylation sites (tertiary alicyclic amines) is 2. The van der Waals surface area contributed by atoms with Gasteiger partial charge in [0.25, 0.3) is 0 Å². The average molecular weight is 516 g/mol. The van der Waals surface area contributed by atoms with E-state index in [1.165, 1.54) is 36.8 Å². The van der Waals surface area contributed by atoms with Crippen molar-refractivity contribution in [2.75, 3.05) is 58.3 Å². The average Bonchev–Trinajstić information content (AvgIpc) is 3.14. The Kier molecular flexibility index (Phi) is 6.24. The molecule has 4 saturated heterocycles. The summed E-state index contributed by atoms with van der Waals surface area (Å²) in [6.45, 7) is 5.91. The van der Waals surface area contributed by atoms with Crippen molar-refractivity contribution in [1.82, 2.24) is 19.7 Å². The molecule has 4 unspecified atom stereocenters. The molecule has 37 heavy (non-hydrogen) atoms. The maximum absolute atomic E-state index is 15.6. The Morgan fingerprint density at radius 3 is 2.35 bits per heavy atom. The first-order valence-electron chi connectivity index (χ1n) is 13.4. The second-order valence-electron chi connectivity index (χ2n) is 11.5. The number of aromatic carboxylic acids is 1. The summed E-state index contributed by atoms with van der Waals surface area (Å²) in [4.78, 5) is 30.4. The van der Waals surface area contributed by atoms with Crippen molar-refractivity contribution in [3.8, 4) is 0 Å². The van der Waals surface area contributed by atoms with Crippen molar-refractivity contribution in [3.05, 3.63) is 39.7 Å². The number of carboxylic acids is 1. The number of benzene rings is 1. The van der Waals surface area contributed by atoms with E-state index in [9.17, 15) is 19.1 Å². The van der Waals surface area contributed by atoms with Crippen LogP contribution in [0.2, 0.25) is 0 Å². The first-order chi connectivity index (χ1) is 17.7. The number of nitrogens with one attached hydrogen (secondary N) is 1. The molecule has 1 aromatic heterocycles. The molecule has 2 aromatic rings. The van der Waals surface area contributed by atoms with Crippen LogP contribution in [0.5, 0.6) is 0 Å². The highest BCUT2D eigenvalue weighted by atomic mass is 19.1. The standard InChI is InChI=1S/C20H21F2N3O3.C7H14N2/c1-23-5-4-10-7-24(9-15(10)23)18-14(21)6-12-17(16(18)22)25(11-2-3-11)8-13(19(12)26)20(27)28;1-9-3-2-6-4-8-5-7(6)9/h6,8,10-11,15H,2-5,7,9H2,1H3,(H,27,28);6-8H,2-5H2,1H3. The van der Waals surface area contributed by atoms with Crippen LogP contribution in [0.4, 0.5) is 14.5 Å². The summed E-state index contributed by atoms with van der Waals surface area (Å²) in [5.74, 6) is -1.62. The molecule has 0 amide bonds. The fourth-order valence-corrected chi connectivity index (χ4v) is 6.93. The number of likely N-dealkylation sites (N-methyl/N-ethyl adjacent to an activating group) is 2. The van der Waals surface area contributed by atoms with Crippen molar-refractivity contribution in [2.45, 2.75) is 43.8 Å². The summed E-state index contributed by atoms with van der Waals surface area (Å²) in [7, 11) is 4.26. The van der Waals surface area contributed by atoms with E-state index in [0.717, 1.165) is 43.8 Å². The molecule has 1 aromatic carbocycles. The van der Waals surface area contributed by atoms with Crippen molar-refractivity contribution in [2.24, 2.45) is 11.8 Å². The molecule has 1 saturated carbocycles. The molecule has 200 valence electrons. The van der Waals surface area contributed by atoms with Crippen LogP contribution in [-0.4, -0.2) is 90.9 Å². The lowest BCUT2D eigenvalue weighted by Gasteiger charge is -2.24. The number of nitrogens with zero attached hydrogens (tertiary/aromatic N) is 4. The van der Waals surface area contributed by atoms with Crippen LogP contribution in [0.3, 0.4) is 0 Å². The van der Waals surface area contributed by atoms with Crippen LogP contribution in [-0.2, 0) is 0 Å². The quantitative estimate of drug-likeness (QED) is 0.650. The molecule has 0 radical (unpaired) electrons. The van der Waals surface area contributed by atoms with Gasteiger partial charge in [-0.2, -0.15) is 0 Å². The summed E-state index contributed by atoms with van der Waals surface area (Å²) in [5.41, 5.74) is -1.39. The molecular formula is C27H35F2N5O3. The molecule has 5 fully saturated rings. The number of carboxylic acid groups (broad SMARTS) is 1. The van der Waals surface area contributed by atoms with Gasteiger partial charge in [0.05, 0.1) is 10.9 Å². The Morgan fingerprint density at radius 1 is 1.00 bits per heavy atom. The third-order valence-electron chi connectivity index (χ3n) is 9.22. The van der Waals surface area contributed by atoms with Gasteiger partial charge in [-0.15, -0.1) is 0 Å².